The fourth-order valence-electron chi connectivity index (χ4n) is 2.02. The van der Waals surface area contributed by atoms with Crippen molar-refractivity contribution in [3.63, 3.8) is 0 Å². The number of carbonyl (C=O) groups excluding carboxylic acids is 2. The highest BCUT2D eigenvalue weighted by molar-refractivity contribution is 6.33. The Morgan fingerprint density at radius 1 is 1.41 bits per heavy atom. The number of hydrogen-bond donors (Lipinski definition) is 2. The fraction of sp³-hybridized carbons (Fsp3) is 0.385. The third-order valence-corrected chi connectivity index (χ3v) is 3.38. The SMILES string of the molecule is O=C1CN(CC(=O)Nc2cc(C(F)(F)F)ccc2Cl)CCN1. The second kappa shape index (κ2) is 6.53. The van der Waals surface area contributed by atoms with Gasteiger partial charge < -0.3 is 10.6 Å². The first-order chi connectivity index (χ1) is 10.3. The van der Waals surface area contributed by atoms with E-state index in [0.29, 0.717) is 13.1 Å². The van der Waals surface area contributed by atoms with Crippen molar-refractivity contribution in [3.8, 4) is 0 Å². The molecule has 0 unspecified atom stereocenters. The van der Waals surface area contributed by atoms with Gasteiger partial charge in [0.2, 0.25) is 11.8 Å². The molecule has 1 aliphatic heterocycles. The molecule has 2 rings (SSSR count). The van der Waals surface area contributed by atoms with Crippen molar-refractivity contribution in [2.24, 2.45) is 0 Å². The van der Waals surface area contributed by atoms with Crippen LogP contribution in [-0.2, 0) is 15.8 Å². The predicted octanol–water partition coefficient (Wildman–Crippen LogP) is 1.73. The molecule has 0 radical (unpaired) electrons. The number of alkyl halides is 3. The zero-order valence-corrected chi connectivity index (χ0v) is 12.1. The maximum atomic E-state index is 12.6. The number of nitrogens with zero attached hydrogens (tertiary/aromatic N) is 1. The molecule has 1 fully saturated rings. The molecule has 2 amide bonds. The largest absolute Gasteiger partial charge is 0.416 e. The van der Waals surface area contributed by atoms with E-state index < -0.39 is 17.6 Å². The molecular weight excluding hydrogens is 323 g/mol. The minimum absolute atomic E-state index is 0.0118. The number of hydrogen-bond acceptors (Lipinski definition) is 3. The molecular formula is C13H13ClF3N3O2. The van der Waals surface area contributed by atoms with Crippen LogP contribution in [-0.4, -0.2) is 42.9 Å². The quantitative estimate of drug-likeness (QED) is 0.884. The van der Waals surface area contributed by atoms with Gasteiger partial charge in [0.1, 0.15) is 0 Å². The van der Waals surface area contributed by atoms with E-state index in [-0.39, 0.29) is 29.7 Å². The molecule has 1 saturated heterocycles. The van der Waals surface area contributed by atoms with Crippen molar-refractivity contribution in [1.29, 1.82) is 0 Å². The van der Waals surface area contributed by atoms with E-state index in [9.17, 15) is 22.8 Å². The van der Waals surface area contributed by atoms with Crippen LogP contribution >= 0.6 is 11.6 Å². The first-order valence-corrected chi connectivity index (χ1v) is 6.79. The van der Waals surface area contributed by atoms with Gasteiger partial charge in [0.25, 0.3) is 0 Å². The molecule has 0 aromatic heterocycles. The van der Waals surface area contributed by atoms with Crippen LogP contribution in [0, 0.1) is 0 Å². The average molecular weight is 336 g/mol. The average Bonchev–Trinajstić information content (AvgIpc) is 2.40. The second-order valence-electron chi connectivity index (χ2n) is 4.80. The Morgan fingerprint density at radius 3 is 2.77 bits per heavy atom. The summed E-state index contributed by atoms with van der Waals surface area (Å²) < 4.78 is 37.9. The van der Waals surface area contributed by atoms with Crippen molar-refractivity contribution >= 4 is 29.1 Å². The minimum atomic E-state index is -4.52. The Kier molecular flexibility index (Phi) is 4.92. The highest BCUT2D eigenvalue weighted by Crippen LogP contribution is 2.33. The molecule has 2 N–H and O–H groups in total. The monoisotopic (exact) mass is 335 g/mol. The number of halogens is 4. The lowest BCUT2D eigenvalue weighted by Crippen LogP contribution is -2.49. The standard InChI is InChI=1S/C13H13ClF3N3O2/c14-9-2-1-8(13(15,16)17)5-10(9)19-12(22)7-20-4-3-18-11(21)6-20/h1-2,5H,3-4,6-7H2,(H,18,21)(H,19,22). The van der Waals surface area contributed by atoms with Crippen LogP contribution in [0.25, 0.3) is 0 Å². The third-order valence-electron chi connectivity index (χ3n) is 3.05. The van der Waals surface area contributed by atoms with E-state index in [1.807, 2.05) is 0 Å². The molecule has 1 aromatic rings. The van der Waals surface area contributed by atoms with E-state index in [1.165, 1.54) is 0 Å². The topological polar surface area (TPSA) is 61.4 Å². The van der Waals surface area contributed by atoms with Crippen molar-refractivity contribution in [1.82, 2.24) is 10.2 Å². The third kappa shape index (κ3) is 4.35. The number of amides is 2. The summed E-state index contributed by atoms with van der Waals surface area (Å²) in [4.78, 5) is 24.7. The van der Waals surface area contributed by atoms with Gasteiger partial charge in [-0.1, -0.05) is 11.6 Å². The number of anilines is 1. The van der Waals surface area contributed by atoms with Crippen molar-refractivity contribution in [3.05, 3.63) is 28.8 Å². The normalized spacial score (nSPS) is 16.3. The van der Waals surface area contributed by atoms with E-state index in [4.69, 9.17) is 11.6 Å². The lowest BCUT2D eigenvalue weighted by Gasteiger charge is -2.25. The number of nitrogens with one attached hydrogen (secondary N) is 2. The van der Waals surface area contributed by atoms with Gasteiger partial charge >= 0.3 is 6.18 Å². The molecule has 120 valence electrons. The van der Waals surface area contributed by atoms with Gasteiger partial charge in [-0.3, -0.25) is 14.5 Å². The van der Waals surface area contributed by atoms with E-state index in [1.54, 1.807) is 4.90 Å². The van der Waals surface area contributed by atoms with E-state index in [0.717, 1.165) is 18.2 Å². The maximum absolute atomic E-state index is 12.6. The molecule has 0 spiro atoms. The number of piperazine rings is 1. The summed E-state index contributed by atoms with van der Waals surface area (Å²) in [5.41, 5.74) is -1.01. The minimum Gasteiger partial charge on any atom is -0.354 e. The number of benzene rings is 1. The van der Waals surface area contributed by atoms with Gasteiger partial charge in [0.15, 0.2) is 0 Å². The Morgan fingerprint density at radius 2 is 2.14 bits per heavy atom. The highest BCUT2D eigenvalue weighted by atomic mass is 35.5. The fourth-order valence-corrected chi connectivity index (χ4v) is 2.18. The summed E-state index contributed by atoms with van der Waals surface area (Å²) in [6.07, 6.45) is -4.52. The molecule has 0 saturated carbocycles. The maximum Gasteiger partial charge on any atom is 0.416 e. The smallest absolute Gasteiger partial charge is 0.354 e. The predicted molar refractivity (Wildman–Crippen MR) is 74.5 cm³/mol. The molecule has 22 heavy (non-hydrogen) atoms. The first kappa shape index (κ1) is 16.6. The molecule has 0 bridgehead atoms. The van der Waals surface area contributed by atoms with Crippen molar-refractivity contribution < 1.29 is 22.8 Å². The Labute approximate surface area is 129 Å². The number of rotatable bonds is 3. The molecule has 5 nitrogen and oxygen atoms in total. The molecule has 0 atom stereocenters. The molecule has 9 heteroatoms. The van der Waals surface area contributed by atoms with Crippen LogP contribution in [0.2, 0.25) is 5.02 Å². The van der Waals surface area contributed by atoms with Crippen LogP contribution in [0.1, 0.15) is 5.56 Å². The Balaban J connectivity index is 2.03. The van der Waals surface area contributed by atoms with Gasteiger partial charge in [-0.05, 0) is 18.2 Å². The lowest BCUT2D eigenvalue weighted by molar-refractivity contribution is -0.137. The zero-order chi connectivity index (χ0) is 16.3. The van der Waals surface area contributed by atoms with Crippen molar-refractivity contribution in [2.75, 3.05) is 31.5 Å². The molecule has 1 heterocycles. The Hall–Kier alpha value is -1.80. The van der Waals surface area contributed by atoms with Crippen LogP contribution in [0.5, 0.6) is 0 Å². The summed E-state index contributed by atoms with van der Waals surface area (Å²) in [5.74, 6) is -0.730. The first-order valence-electron chi connectivity index (χ1n) is 6.41. The van der Waals surface area contributed by atoms with Gasteiger partial charge in [-0.2, -0.15) is 13.2 Å². The zero-order valence-electron chi connectivity index (χ0n) is 11.3. The summed E-state index contributed by atoms with van der Waals surface area (Å²) in [7, 11) is 0. The van der Waals surface area contributed by atoms with Gasteiger partial charge in [0, 0.05) is 13.1 Å². The molecule has 0 aliphatic carbocycles. The summed E-state index contributed by atoms with van der Waals surface area (Å²) in [6.45, 7) is 0.898. The van der Waals surface area contributed by atoms with Gasteiger partial charge in [-0.25, -0.2) is 0 Å². The summed E-state index contributed by atoms with van der Waals surface area (Å²) >= 11 is 5.80. The van der Waals surface area contributed by atoms with Crippen LogP contribution in [0.15, 0.2) is 18.2 Å². The van der Waals surface area contributed by atoms with Gasteiger partial charge in [-0.15, -0.1) is 0 Å². The summed E-state index contributed by atoms with van der Waals surface area (Å²) in [6, 6.07) is 2.70. The van der Waals surface area contributed by atoms with Crippen molar-refractivity contribution in [2.45, 2.75) is 6.18 Å². The second-order valence-corrected chi connectivity index (χ2v) is 5.21. The Bertz CT molecular complexity index is 592. The number of carbonyl (C=O) groups is 2. The van der Waals surface area contributed by atoms with Crippen LogP contribution < -0.4 is 10.6 Å². The summed E-state index contributed by atoms with van der Waals surface area (Å²) in [5, 5.41) is 4.96. The van der Waals surface area contributed by atoms with E-state index >= 15 is 0 Å². The van der Waals surface area contributed by atoms with Crippen LogP contribution in [0.3, 0.4) is 0 Å². The molecule has 1 aliphatic rings. The van der Waals surface area contributed by atoms with Gasteiger partial charge in [0.05, 0.1) is 29.4 Å². The highest BCUT2D eigenvalue weighted by Gasteiger charge is 2.31. The van der Waals surface area contributed by atoms with Crippen LogP contribution in [0.4, 0.5) is 18.9 Å². The molecule has 1 aromatic carbocycles. The van der Waals surface area contributed by atoms with E-state index in [2.05, 4.69) is 10.6 Å². The lowest BCUT2D eigenvalue weighted by atomic mass is 10.2.